The first kappa shape index (κ1) is 15.9. The van der Waals surface area contributed by atoms with Crippen molar-refractivity contribution in [1.29, 1.82) is 0 Å². The van der Waals surface area contributed by atoms with E-state index in [-0.39, 0.29) is 0 Å². The zero-order chi connectivity index (χ0) is 16.3. The topological polar surface area (TPSA) is 67.0 Å². The molecule has 5 nitrogen and oxygen atoms in total. The lowest BCUT2D eigenvalue weighted by molar-refractivity contribution is -0.137. The first-order valence-electron chi connectivity index (χ1n) is 6.46. The second kappa shape index (κ2) is 6.08. The van der Waals surface area contributed by atoms with Gasteiger partial charge in [0.2, 0.25) is 0 Å². The van der Waals surface area contributed by atoms with Crippen molar-refractivity contribution >= 4 is 11.8 Å². The van der Waals surface area contributed by atoms with Gasteiger partial charge in [0.05, 0.1) is 24.1 Å². The molecule has 0 bridgehead atoms. The highest BCUT2D eigenvalue weighted by atomic mass is 19.4. The molecule has 0 unspecified atom stereocenters. The third-order valence-corrected chi connectivity index (χ3v) is 3.09. The molecule has 0 spiro atoms. The van der Waals surface area contributed by atoms with E-state index in [4.69, 9.17) is 0 Å². The molecule has 22 heavy (non-hydrogen) atoms. The number of nitrogens with zero attached hydrogens (tertiary/aromatic N) is 1. The Labute approximate surface area is 124 Å². The van der Waals surface area contributed by atoms with Crippen LogP contribution in [0.2, 0.25) is 0 Å². The van der Waals surface area contributed by atoms with Gasteiger partial charge in [-0.3, -0.25) is 10.4 Å². The minimum atomic E-state index is -4.40. The number of amides is 1. The van der Waals surface area contributed by atoms with E-state index in [1.54, 1.807) is 0 Å². The Balaban J connectivity index is 2.40. The van der Waals surface area contributed by atoms with Crippen LogP contribution in [0.25, 0.3) is 11.3 Å². The number of anilines is 1. The van der Waals surface area contributed by atoms with Crippen LogP contribution >= 0.6 is 0 Å². The van der Waals surface area contributed by atoms with Gasteiger partial charge < -0.3 is 4.74 Å². The number of halogens is 3. The van der Waals surface area contributed by atoms with Crippen LogP contribution in [0.15, 0.2) is 24.3 Å². The van der Waals surface area contributed by atoms with Gasteiger partial charge in [-0.05, 0) is 18.6 Å². The molecule has 2 rings (SSSR count). The Bertz CT molecular complexity index is 663. The minimum Gasteiger partial charge on any atom is -0.453 e. The number of aromatic amines is 1. The normalized spacial score (nSPS) is 11.3. The lowest BCUT2D eigenvalue weighted by atomic mass is 10.1. The van der Waals surface area contributed by atoms with Crippen molar-refractivity contribution in [3.63, 3.8) is 0 Å². The van der Waals surface area contributed by atoms with Crippen LogP contribution in [-0.4, -0.2) is 23.4 Å². The molecule has 1 aromatic heterocycles. The van der Waals surface area contributed by atoms with Gasteiger partial charge in [-0.2, -0.15) is 18.3 Å². The van der Waals surface area contributed by atoms with Gasteiger partial charge in [0.15, 0.2) is 0 Å². The SMILES string of the molecule is CCc1[nH]nc(-c2ccc(C(F)(F)F)cc2)c1NC(=O)OC. The fraction of sp³-hybridized carbons (Fsp3) is 0.286. The van der Waals surface area contributed by atoms with Crippen LogP contribution in [0, 0.1) is 0 Å². The van der Waals surface area contributed by atoms with E-state index in [0.29, 0.717) is 29.1 Å². The lowest BCUT2D eigenvalue weighted by Gasteiger charge is -2.09. The number of hydrogen-bond acceptors (Lipinski definition) is 3. The fourth-order valence-electron chi connectivity index (χ4n) is 1.95. The second-order valence-corrected chi connectivity index (χ2v) is 4.47. The number of carbonyl (C=O) groups excluding carboxylic acids is 1. The van der Waals surface area contributed by atoms with E-state index in [0.717, 1.165) is 12.1 Å². The van der Waals surface area contributed by atoms with Crippen LogP contribution in [0.5, 0.6) is 0 Å². The number of alkyl halides is 3. The maximum atomic E-state index is 12.6. The van der Waals surface area contributed by atoms with Crippen LogP contribution in [0.3, 0.4) is 0 Å². The van der Waals surface area contributed by atoms with Crippen molar-refractivity contribution in [3.8, 4) is 11.3 Å². The Morgan fingerprint density at radius 3 is 2.45 bits per heavy atom. The molecular weight excluding hydrogens is 299 g/mol. The summed E-state index contributed by atoms with van der Waals surface area (Å²) in [5.74, 6) is 0. The number of aryl methyl sites for hydroxylation is 1. The van der Waals surface area contributed by atoms with Crippen LogP contribution < -0.4 is 5.32 Å². The highest BCUT2D eigenvalue weighted by Gasteiger charge is 2.30. The summed E-state index contributed by atoms with van der Waals surface area (Å²) in [5.41, 5.74) is 1.12. The molecule has 1 heterocycles. The molecule has 1 aromatic carbocycles. The molecule has 1 amide bonds. The van der Waals surface area contributed by atoms with Gasteiger partial charge in [-0.1, -0.05) is 19.1 Å². The summed E-state index contributed by atoms with van der Waals surface area (Å²) < 4.78 is 42.3. The molecule has 118 valence electrons. The molecule has 0 fully saturated rings. The van der Waals surface area contributed by atoms with E-state index < -0.39 is 17.8 Å². The Morgan fingerprint density at radius 2 is 1.95 bits per heavy atom. The molecule has 0 radical (unpaired) electrons. The summed E-state index contributed by atoms with van der Waals surface area (Å²) in [6.07, 6.45) is -4.51. The number of H-pyrrole nitrogens is 1. The summed E-state index contributed by atoms with van der Waals surface area (Å²) in [7, 11) is 1.22. The largest absolute Gasteiger partial charge is 0.453 e. The van der Waals surface area contributed by atoms with E-state index in [1.807, 2.05) is 6.92 Å². The molecular formula is C14H14F3N3O2. The summed E-state index contributed by atoms with van der Waals surface area (Å²) in [4.78, 5) is 11.4. The van der Waals surface area contributed by atoms with Gasteiger partial charge in [-0.15, -0.1) is 0 Å². The third-order valence-electron chi connectivity index (χ3n) is 3.09. The summed E-state index contributed by atoms with van der Waals surface area (Å²) in [6.45, 7) is 1.85. The number of ether oxygens (including phenoxy) is 1. The van der Waals surface area contributed by atoms with Gasteiger partial charge in [-0.25, -0.2) is 4.79 Å². The van der Waals surface area contributed by atoms with Crippen molar-refractivity contribution in [2.45, 2.75) is 19.5 Å². The number of carbonyl (C=O) groups is 1. The first-order chi connectivity index (χ1) is 10.4. The average molecular weight is 313 g/mol. The standard InChI is InChI=1S/C14H14F3N3O2/c1-3-10-12(18-13(21)22-2)11(20-19-10)8-4-6-9(7-5-8)14(15,16)17/h4-7H,3H2,1-2H3,(H,18,21)(H,19,20). The predicted octanol–water partition coefficient (Wildman–Crippen LogP) is 3.84. The average Bonchev–Trinajstić information content (AvgIpc) is 2.89. The maximum Gasteiger partial charge on any atom is 0.416 e. The van der Waals surface area contributed by atoms with E-state index >= 15 is 0 Å². The first-order valence-corrected chi connectivity index (χ1v) is 6.46. The molecule has 8 heteroatoms. The molecule has 0 saturated heterocycles. The summed E-state index contributed by atoms with van der Waals surface area (Å²) in [5, 5.41) is 9.34. The number of methoxy groups -OCH3 is 1. The number of nitrogens with one attached hydrogen (secondary N) is 2. The quantitative estimate of drug-likeness (QED) is 0.905. The minimum absolute atomic E-state index is 0.357. The van der Waals surface area contributed by atoms with Crippen molar-refractivity contribution in [3.05, 3.63) is 35.5 Å². The van der Waals surface area contributed by atoms with Gasteiger partial charge >= 0.3 is 12.3 Å². The molecule has 2 aromatic rings. The predicted molar refractivity (Wildman–Crippen MR) is 74.4 cm³/mol. The molecule has 0 aliphatic carbocycles. The smallest absolute Gasteiger partial charge is 0.416 e. The zero-order valence-electron chi connectivity index (χ0n) is 11.9. The number of benzene rings is 1. The van der Waals surface area contributed by atoms with Gasteiger partial charge in [0.1, 0.15) is 5.69 Å². The monoisotopic (exact) mass is 313 g/mol. The Hall–Kier alpha value is -2.51. The van der Waals surface area contributed by atoms with Crippen LogP contribution in [0.1, 0.15) is 18.2 Å². The third kappa shape index (κ3) is 3.21. The van der Waals surface area contributed by atoms with E-state index in [1.165, 1.54) is 19.2 Å². The van der Waals surface area contributed by atoms with Crippen molar-refractivity contribution < 1.29 is 22.7 Å². The van der Waals surface area contributed by atoms with Crippen molar-refractivity contribution in [1.82, 2.24) is 10.2 Å². The Morgan fingerprint density at radius 1 is 1.32 bits per heavy atom. The van der Waals surface area contributed by atoms with Gasteiger partial charge in [0.25, 0.3) is 0 Å². The van der Waals surface area contributed by atoms with Crippen LogP contribution in [-0.2, 0) is 17.3 Å². The lowest BCUT2D eigenvalue weighted by Crippen LogP contribution is -2.12. The van der Waals surface area contributed by atoms with Gasteiger partial charge in [0, 0.05) is 5.56 Å². The van der Waals surface area contributed by atoms with Crippen LogP contribution in [0.4, 0.5) is 23.7 Å². The number of rotatable bonds is 3. The van der Waals surface area contributed by atoms with Crippen molar-refractivity contribution in [2.75, 3.05) is 12.4 Å². The molecule has 0 saturated carbocycles. The molecule has 0 aliphatic heterocycles. The maximum absolute atomic E-state index is 12.6. The highest BCUT2D eigenvalue weighted by molar-refractivity contribution is 5.91. The highest BCUT2D eigenvalue weighted by Crippen LogP contribution is 2.33. The molecule has 0 aliphatic rings. The van der Waals surface area contributed by atoms with E-state index in [9.17, 15) is 18.0 Å². The number of hydrogen-bond donors (Lipinski definition) is 2. The fourth-order valence-corrected chi connectivity index (χ4v) is 1.95. The van der Waals surface area contributed by atoms with Crippen molar-refractivity contribution in [2.24, 2.45) is 0 Å². The Kier molecular flexibility index (Phi) is 4.39. The second-order valence-electron chi connectivity index (χ2n) is 4.47. The summed E-state index contributed by atoms with van der Waals surface area (Å²) >= 11 is 0. The zero-order valence-corrected chi connectivity index (χ0v) is 11.9. The van der Waals surface area contributed by atoms with E-state index in [2.05, 4.69) is 20.3 Å². The molecule has 0 atom stereocenters. The summed E-state index contributed by atoms with van der Waals surface area (Å²) in [6, 6.07) is 4.55. The molecule has 2 N–H and O–H groups in total. The number of aromatic nitrogens is 2.